The van der Waals surface area contributed by atoms with Gasteiger partial charge in [-0.25, -0.2) is 4.79 Å². The van der Waals surface area contributed by atoms with Gasteiger partial charge in [-0.05, 0) is 60.7 Å². The van der Waals surface area contributed by atoms with Crippen LogP contribution in [0.25, 0.3) is 10.9 Å². The molecule has 5 nitrogen and oxygen atoms in total. The highest BCUT2D eigenvalue weighted by Crippen LogP contribution is 2.26. The SMILES string of the molecule is C.C.C[N+](C)(C)c1ccc(C(=O)OCc2cc3cc(Oc4ccccc4)ccc3[nH]2)cc1. The summed E-state index contributed by atoms with van der Waals surface area (Å²) in [5, 5.41) is 1.00. The molecule has 5 heteroatoms. The molecule has 3 aromatic carbocycles. The van der Waals surface area contributed by atoms with E-state index in [2.05, 4.69) is 26.1 Å². The number of H-pyrrole nitrogens is 1. The van der Waals surface area contributed by atoms with Crippen molar-refractivity contribution in [3.63, 3.8) is 0 Å². The van der Waals surface area contributed by atoms with Crippen molar-refractivity contribution >= 4 is 22.6 Å². The number of carbonyl (C=O) groups excluding carboxylic acids is 1. The zero-order chi connectivity index (χ0) is 21.1. The molecule has 4 rings (SSSR count). The molecule has 0 atom stereocenters. The Hall–Kier alpha value is -3.57. The third kappa shape index (κ3) is 5.77. The van der Waals surface area contributed by atoms with Crippen LogP contribution in [0.15, 0.2) is 78.9 Å². The van der Waals surface area contributed by atoms with Crippen molar-refractivity contribution in [2.75, 3.05) is 21.1 Å². The van der Waals surface area contributed by atoms with Gasteiger partial charge in [0.05, 0.1) is 32.4 Å². The number of carbonyl (C=O) groups is 1. The molecule has 0 bridgehead atoms. The number of ether oxygens (including phenoxy) is 2. The fraction of sp³-hybridized carbons (Fsp3) is 0.222. The maximum atomic E-state index is 12.4. The quantitative estimate of drug-likeness (QED) is 0.269. The standard InChI is InChI=1S/C25H25N2O3.2CH4/c1-27(2,3)21-11-9-18(10-12-21)25(28)29-17-20-15-19-16-23(13-14-24(19)26-20)30-22-7-5-4-6-8-22;;/h4-16,26H,17H2,1-3H3;2*1H4/q+1;;. The number of nitrogens with zero attached hydrogens (tertiary/aromatic N) is 1. The minimum Gasteiger partial charge on any atom is -0.457 e. The summed E-state index contributed by atoms with van der Waals surface area (Å²) < 4.78 is 12.1. The number of aromatic nitrogens is 1. The van der Waals surface area contributed by atoms with E-state index < -0.39 is 0 Å². The third-order valence-corrected chi connectivity index (χ3v) is 4.86. The summed E-state index contributed by atoms with van der Waals surface area (Å²) in [6, 6.07) is 25.0. The van der Waals surface area contributed by atoms with Crippen molar-refractivity contribution in [1.29, 1.82) is 0 Å². The lowest BCUT2D eigenvalue weighted by Gasteiger charge is -2.23. The maximum absolute atomic E-state index is 12.4. The molecule has 0 saturated carbocycles. The molecule has 0 unspecified atom stereocenters. The van der Waals surface area contributed by atoms with E-state index in [1.54, 1.807) is 12.1 Å². The first-order chi connectivity index (χ1) is 14.4. The van der Waals surface area contributed by atoms with Crippen LogP contribution in [0.2, 0.25) is 0 Å². The first-order valence-electron chi connectivity index (χ1n) is 9.82. The second-order valence-corrected chi connectivity index (χ2v) is 8.09. The van der Waals surface area contributed by atoms with Gasteiger partial charge < -0.3 is 14.5 Å². The second kappa shape index (κ2) is 10.2. The number of quaternary nitrogens is 1. The van der Waals surface area contributed by atoms with E-state index in [0.29, 0.717) is 10.0 Å². The Morgan fingerprint density at radius 2 is 1.53 bits per heavy atom. The highest BCUT2D eigenvalue weighted by Gasteiger charge is 2.14. The molecule has 0 aliphatic rings. The number of nitrogens with one attached hydrogen (secondary N) is 1. The monoisotopic (exact) mass is 433 g/mol. The van der Waals surface area contributed by atoms with Crippen LogP contribution in [0.1, 0.15) is 30.9 Å². The van der Waals surface area contributed by atoms with E-state index in [1.807, 2.05) is 66.7 Å². The summed E-state index contributed by atoms with van der Waals surface area (Å²) in [7, 11) is 6.25. The van der Waals surface area contributed by atoms with Gasteiger partial charge in [0.2, 0.25) is 0 Å². The Labute approximate surface area is 190 Å². The summed E-state index contributed by atoms with van der Waals surface area (Å²) in [6.45, 7) is 0.180. The van der Waals surface area contributed by atoms with Gasteiger partial charge in [-0.2, -0.15) is 0 Å². The minimum absolute atomic E-state index is 0. The van der Waals surface area contributed by atoms with E-state index in [-0.39, 0.29) is 27.4 Å². The number of hydrogen-bond acceptors (Lipinski definition) is 3. The lowest BCUT2D eigenvalue weighted by Crippen LogP contribution is -2.34. The molecule has 0 amide bonds. The van der Waals surface area contributed by atoms with Crippen LogP contribution in [-0.2, 0) is 11.3 Å². The summed E-state index contributed by atoms with van der Waals surface area (Å²) in [4.78, 5) is 15.7. The molecule has 168 valence electrons. The molecule has 1 N–H and O–H groups in total. The predicted octanol–water partition coefficient (Wildman–Crippen LogP) is 6.79. The van der Waals surface area contributed by atoms with Crippen molar-refractivity contribution in [2.45, 2.75) is 21.5 Å². The maximum Gasteiger partial charge on any atom is 0.338 e. The number of para-hydroxylation sites is 1. The van der Waals surface area contributed by atoms with Crippen LogP contribution in [0, 0.1) is 0 Å². The Kier molecular flexibility index (Phi) is 7.84. The normalized spacial score (nSPS) is 10.7. The van der Waals surface area contributed by atoms with Gasteiger partial charge in [0.1, 0.15) is 23.8 Å². The van der Waals surface area contributed by atoms with E-state index in [0.717, 1.165) is 33.8 Å². The van der Waals surface area contributed by atoms with Gasteiger partial charge in [-0.3, -0.25) is 4.48 Å². The molecule has 0 fully saturated rings. The van der Waals surface area contributed by atoms with Crippen molar-refractivity contribution in [2.24, 2.45) is 0 Å². The highest BCUT2D eigenvalue weighted by atomic mass is 16.5. The fourth-order valence-electron chi connectivity index (χ4n) is 3.21. The van der Waals surface area contributed by atoms with E-state index in [4.69, 9.17) is 9.47 Å². The lowest BCUT2D eigenvalue weighted by atomic mass is 10.2. The van der Waals surface area contributed by atoms with Gasteiger partial charge in [-0.15, -0.1) is 0 Å². The third-order valence-electron chi connectivity index (χ3n) is 4.86. The number of rotatable bonds is 6. The Morgan fingerprint density at radius 1 is 0.844 bits per heavy atom. The molecule has 0 saturated heterocycles. The largest absolute Gasteiger partial charge is 0.457 e. The number of fused-ring (bicyclic) bond motifs is 1. The molecular formula is C27H33N2O3+. The van der Waals surface area contributed by atoms with Crippen LogP contribution < -0.4 is 9.22 Å². The lowest BCUT2D eigenvalue weighted by molar-refractivity contribution is 0.0468. The van der Waals surface area contributed by atoms with Crippen molar-refractivity contribution in [3.05, 3.63) is 90.1 Å². The zero-order valence-corrected chi connectivity index (χ0v) is 17.4. The summed E-state index contributed by atoms with van der Waals surface area (Å²) >= 11 is 0. The van der Waals surface area contributed by atoms with Gasteiger partial charge in [-0.1, -0.05) is 33.1 Å². The smallest absolute Gasteiger partial charge is 0.338 e. The number of esters is 1. The number of benzene rings is 3. The Morgan fingerprint density at radius 3 is 2.19 bits per heavy atom. The number of hydrogen-bond donors (Lipinski definition) is 1. The van der Waals surface area contributed by atoms with E-state index in [9.17, 15) is 4.79 Å². The molecule has 0 spiro atoms. The molecule has 0 radical (unpaired) electrons. The summed E-state index contributed by atoms with van der Waals surface area (Å²) in [6.07, 6.45) is 0. The van der Waals surface area contributed by atoms with Gasteiger partial charge in [0.15, 0.2) is 0 Å². The molecule has 1 aromatic heterocycles. The number of aromatic amines is 1. The van der Waals surface area contributed by atoms with Gasteiger partial charge in [0, 0.05) is 10.9 Å². The van der Waals surface area contributed by atoms with Crippen molar-refractivity contribution in [3.8, 4) is 11.5 Å². The predicted molar refractivity (Wildman–Crippen MR) is 133 cm³/mol. The molecule has 1 heterocycles. The molecular weight excluding hydrogens is 400 g/mol. The van der Waals surface area contributed by atoms with E-state index >= 15 is 0 Å². The topological polar surface area (TPSA) is 51.3 Å². The van der Waals surface area contributed by atoms with E-state index in [1.165, 1.54) is 0 Å². The van der Waals surface area contributed by atoms with Crippen LogP contribution in [0.5, 0.6) is 11.5 Å². The first-order valence-corrected chi connectivity index (χ1v) is 9.82. The average Bonchev–Trinajstić information content (AvgIpc) is 3.14. The second-order valence-electron chi connectivity index (χ2n) is 8.09. The van der Waals surface area contributed by atoms with Crippen LogP contribution >= 0.6 is 0 Å². The molecule has 4 aromatic rings. The molecule has 0 aliphatic heterocycles. The highest BCUT2D eigenvalue weighted by molar-refractivity contribution is 5.90. The summed E-state index contributed by atoms with van der Waals surface area (Å²) in [5.41, 5.74) is 3.46. The average molecular weight is 434 g/mol. The van der Waals surface area contributed by atoms with Crippen LogP contribution in [0.4, 0.5) is 5.69 Å². The summed E-state index contributed by atoms with van der Waals surface area (Å²) in [5.74, 6) is 1.21. The minimum atomic E-state index is -0.338. The zero-order valence-electron chi connectivity index (χ0n) is 17.4. The van der Waals surface area contributed by atoms with Crippen LogP contribution in [0.3, 0.4) is 0 Å². The van der Waals surface area contributed by atoms with Gasteiger partial charge >= 0.3 is 5.97 Å². The Balaban J connectivity index is 0.00000181. The van der Waals surface area contributed by atoms with Gasteiger partial charge in [0.25, 0.3) is 0 Å². The Bertz CT molecular complexity index is 1160. The van der Waals surface area contributed by atoms with Crippen molar-refractivity contribution in [1.82, 2.24) is 9.47 Å². The molecule has 0 aliphatic carbocycles. The van der Waals surface area contributed by atoms with Crippen molar-refractivity contribution < 1.29 is 14.3 Å². The first kappa shape index (κ1) is 24.7. The molecule has 32 heavy (non-hydrogen) atoms. The fourth-order valence-corrected chi connectivity index (χ4v) is 3.21. The van der Waals surface area contributed by atoms with Crippen LogP contribution in [-0.4, -0.2) is 32.1 Å².